The zero-order valence-corrected chi connectivity index (χ0v) is 11.8. The first-order chi connectivity index (χ1) is 10.1. The van der Waals surface area contributed by atoms with Crippen LogP contribution in [0.1, 0.15) is 19.8 Å². The van der Waals surface area contributed by atoms with E-state index >= 15 is 0 Å². The molecule has 2 aromatic rings. The average molecular weight is 287 g/mol. The molecule has 1 aliphatic rings. The number of amides is 1. The maximum Gasteiger partial charge on any atom is 0.273 e. The number of aromatic amines is 1. The minimum Gasteiger partial charge on any atom is -0.352 e. The lowest BCUT2D eigenvalue weighted by Crippen LogP contribution is -2.40. The van der Waals surface area contributed by atoms with E-state index in [-0.39, 0.29) is 29.6 Å². The summed E-state index contributed by atoms with van der Waals surface area (Å²) in [5.74, 6) is 0.281. The summed E-state index contributed by atoms with van der Waals surface area (Å²) in [6.07, 6.45) is 2.27. The number of hydrogen-bond donors (Lipinski definition) is 2. The average Bonchev–Trinajstić information content (AvgIpc) is 3.29. The predicted molar refractivity (Wildman–Crippen MR) is 79.2 cm³/mol. The Labute approximate surface area is 120 Å². The lowest BCUT2D eigenvalue weighted by atomic mass is 10.2. The zero-order chi connectivity index (χ0) is 15.0. The SMILES string of the molecule is C[C@@H](NC(=O)Cn1[nH]c(=O)c2ccccc2c1=O)C1CC1. The van der Waals surface area contributed by atoms with Gasteiger partial charge in [0.1, 0.15) is 6.54 Å². The number of benzene rings is 1. The van der Waals surface area contributed by atoms with Crippen molar-refractivity contribution in [1.29, 1.82) is 0 Å². The van der Waals surface area contributed by atoms with Gasteiger partial charge in [0.05, 0.1) is 10.8 Å². The Hall–Kier alpha value is -2.37. The number of hydrogen-bond acceptors (Lipinski definition) is 3. The van der Waals surface area contributed by atoms with Gasteiger partial charge in [-0.3, -0.25) is 19.5 Å². The third kappa shape index (κ3) is 2.74. The van der Waals surface area contributed by atoms with Crippen molar-refractivity contribution >= 4 is 16.7 Å². The highest BCUT2D eigenvalue weighted by molar-refractivity contribution is 5.81. The van der Waals surface area contributed by atoms with Gasteiger partial charge in [-0.05, 0) is 37.8 Å². The van der Waals surface area contributed by atoms with Gasteiger partial charge in [-0.2, -0.15) is 0 Å². The minimum absolute atomic E-state index is 0.111. The van der Waals surface area contributed by atoms with Gasteiger partial charge in [0, 0.05) is 6.04 Å². The molecule has 0 unspecified atom stereocenters. The highest BCUT2D eigenvalue weighted by Gasteiger charge is 2.28. The van der Waals surface area contributed by atoms with Crippen molar-refractivity contribution in [2.75, 3.05) is 0 Å². The van der Waals surface area contributed by atoms with Crippen molar-refractivity contribution in [1.82, 2.24) is 15.1 Å². The summed E-state index contributed by atoms with van der Waals surface area (Å²) in [4.78, 5) is 36.1. The van der Waals surface area contributed by atoms with Crippen molar-refractivity contribution in [2.45, 2.75) is 32.4 Å². The van der Waals surface area contributed by atoms with Crippen LogP contribution in [-0.2, 0) is 11.3 Å². The predicted octanol–water partition coefficient (Wildman–Crippen LogP) is 0.604. The van der Waals surface area contributed by atoms with Crippen LogP contribution in [0.25, 0.3) is 10.8 Å². The summed E-state index contributed by atoms with van der Waals surface area (Å²) in [6.45, 7) is 1.79. The second kappa shape index (κ2) is 5.20. The fraction of sp³-hybridized carbons (Fsp3) is 0.400. The molecule has 1 saturated carbocycles. The first kappa shape index (κ1) is 13.6. The van der Waals surface area contributed by atoms with E-state index in [2.05, 4.69) is 10.4 Å². The molecular weight excluding hydrogens is 270 g/mol. The molecule has 6 nitrogen and oxygen atoms in total. The molecule has 0 bridgehead atoms. The van der Waals surface area contributed by atoms with Crippen LogP contribution in [0.5, 0.6) is 0 Å². The van der Waals surface area contributed by atoms with Crippen LogP contribution in [-0.4, -0.2) is 21.7 Å². The quantitative estimate of drug-likeness (QED) is 0.864. The second-order valence-electron chi connectivity index (χ2n) is 5.57. The molecule has 1 amide bonds. The van der Waals surface area contributed by atoms with E-state index in [0.717, 1.165) is 17.5 Å². The molecule has 1 fully saturated rings. The summed E-state index contributed by atoms with van der Waals surface area (Å²) < 4.78 is 1.07. The van der Waals surface area contributed by atoms with Gasteiger partial charge in [-0.1, -0.05) is 12.1 Å². The molecular formula is C15H17N3O3. The van der Waals surface area contributed by atoms with Gasteiger partial charge in [-0.25, -0.2) is 4.68 Å². The summed E-state index contributed by atoms with van der Waals surface area (Å²) in [7, 11) is 0. The van der Waals surface area contributed by atoms with E-state index < -0.39 is 0 Å². The summed E-state index contributed by atoms with van der Waals surface area (Å²) in [5.41, 5.74) is -0.729. The summed E-state index contributed by atoms with van der Waals surface area (Å²) >= 11 is 0. The standard InChI is InChI=1S/C15H17N3O3/c1-9(10-6-7-10)16-13(19)8-18-15(21)12-5-3-2-4-11(12)14(20)17-18/h2-5,9-10H,6-8H2,1H3,(H,16,19)(H,17,20)/t9-/m1/s1. The van der Waals surface area contributed by atoms with E-state index in [9.17, 15) is 14.4 Å². The van der Waals surface area contributed by atoms with Gasteiger partial charge >= 0.3 is 0 Å². The van der Waals surface area contributed by atoms with Gasteiger partial charge in [-0.15, -0.1) is 0 Å². The Morgan fingerprint density at radius 1 is 1.33 bits per heavy atom. The molecule has 3 rings (SSSR count). The molecule has 6 heteroatoms. The number of carbonyl (C=O) groups is 1. The van der Waals surface area contributed by atoms with Crippen LogP contribution in [0.2, 0.25) is 0 Å². The van der Waals surface area contributed by atoms with Crippen LogP contribution in [0.3, 0.4) is 0 Å². The summed E-state index contributed by atoms with van der Waals surface area (Å²) in [5, 5.41) is 5.98. The molecule has 0 spiro atoms. The number of rotatable bonds is 4. The zero-order valence-electron chi connectivity index (χ0n) is 11.8. The molecule has 1 aromatic heterocycles. The van der Waals surface area contributed by atoms with E-state index in [1.165, 1.54) is 0 Å². The molecule has 1 atom stereocenters. The molecule has 0 saturated heterocycles. The highest BCUT2D eigenvalue weighted by atomic mass is 16.2. The largest absolute Gasteiger partial charge is 0.352 e. The Kier molecular flexibility index (Phi) is 3.37. The maximum atomic E-state index is 12.3. The third-order valence-corrected chi connectivity index (χ3v) is 3.90. The minimum atomic E-state index is -0.367. The number of aromatic nitrogens is 2. The lowest BCUT2D eigenvalue weighted by molar-refractivity contribution is -0.122. The Bertz CT molecular complexity index is 802. The van der Waals surface area contributed by atoms with Crippen LogP contribution < -0.4 is 16.4 Å². The number of carbonyl (C=O) groups excluding carboxylic acids is 1. The molecule has 2 N–H and O–H groups in total. The van der Waals surface area contributed by atoms with Crippen LogP contribution in [0.4, 0.5) is 0 Å². The maximum absolute atomic E-state index is 12.3. The van der Waals surface area contributed by atoms with Crippen molar-refractivity contribution < 1.29 is 4.79 Å². The van der Waals surface area contributed by atoms with Gasteiger partial charge in [0.15, 0.2) is 0 Å². The van der Waals surface area contributed by atoms with E-state index in [1.54, 1.807) is 24.3 Å². The van der Waals surface area contributed by atoms with Crippen LogP contribution >= 0.6 is 0 Å². The normalized spacial score (nSPS) is 15.9. The van der Waals surface area contributed by atoms with Crippen LogP contribution in [0, 0.1) is 5.92 Å². The molecule has 21 heavy (non-hydrogen) atoms. The second-order valence-corrected chi connectivity index (χ2v) is 5.57. The fourth-order valence-corrected chi connectivity index (χ4v) is 2.52. The molecule has 1 heterocycles. The number of H-pyrrole nitrogens is 1. The Morgan fingerprint density at radius 3 is 2.67 bits per heavy atom. The van der Waals surface area contributed by atoms with E-state index in [1.807, 2.05) is 6.92 Å². The van der Waals surface area contributed by atoms with Crippen molar-refractivity contribution in [3.63, 3.8) is 0 Å². The van der Waals surface area contributed by atoms with E-state index in [0.29, 0.717) is 16.7 Å². The van der Waals surface area contributed by atoms with Crippen LogP contribution in [0.15, 0.2) is 33.9 Å². The Balaban J connectivity index is 1.87. The third-order valence-electron chi connectivity index (χ3n) is 3.90. The molecule has 0 aliphatic heterocycles. The van der Waals surface area contributed by atoms with Gasteiger partial charge in [0.25, 0.3) is 11.1 Å². The summed E-state index contributed by atoms with van der Waals surface area (Å²) in [6, 6.07) is 6.69. The molecule has 1 aliphatic carbocycles. The smallest absolute Gasteiger partial charge is 0.273 e. The lowest BCUT2D eigenvalue weighted by Gasteiger charge is -2.13. The molecule has 1 aromatic carbocycles. The van der Waals surface area contributed by atoms with Crippen molar-refractivity contribution in [3.05, 3.63) is 45.0 Å². The fourth-order valence-electron chi connectivity index (χ4n) is 2.52. The Morgan fingerprint density at radius 2 is 2.00 bits per heavy atom. The van der Waals surface area contributed by atoms with Gasteiger partial charge in [0.2, 0.25) is 5.91 Å². The number of fused-ring (bicyclic) bond motifs is 1. The number of nitrogens with one attached hydrogen (secondary N) is 2. The van der Waals surface area contributed by atoms with Crippen molar-refractivity contribution in [2.24, 2.45) is 5.92 Å². The topological polar surface area (TPSA) is 84.0 Å². The highest BCUT2D eigenvalue weighted by Crippen LogP contribution is 2.32. The first-order valence-corrected chi connectivity index (χ1v) is 7.07. The van der Waals surface area contributed by atoms with Gasteiger partial charge < -0.3 is 5.32 Å². The molecule has 110 valence electrons. The number of nitrogens with zero attached hydrogens (tertiary/aromatic N) is 1. The monoisotopic (exact) mass is 287 g/mol. The van der Waals surface area contributed by atoms with Crippen molar-refractivity contribution in [3.8, 4) is 0 Å². The first-order valence-electron chi connectivity index (χ1n) is 7.07. The molecule has 0 radical (unpaired) electrons. The van der Waals surface area contributed by atoms with E-state index in [4.69, 9.17) is 0 Å².